The van der Waals surface area contributed by atoms with Crippen molar-refractivity contribution in [3.8, 4) is 0 Å². The predicted molar refractivity (Wildman–Crippen MR) is 47.1 cm³/mol. The summed E-state index contributed by atoms with van der Waals surface area (Å²) >= 11 is 0. The molecule has 76 valence electrons. The lowest BCUT2D eigenvalue weighted by molar-refractivity contribution is -0.126. The van der Waals surface area contributed by atoms with Crippen molar-refractivity contribution < 1.29 is 15.0 Å². The molecule has 1 aliphatic heterocycles. The molecule has 0 aromatic heterocycles. The Morgan fingerprint density at radius 3 is 2.77 bits per heavy atom. The molecule has 13 heavy (non-hydrogen) atoms. The quantitative estimate of drug-likeness (QED) is 0.405. The van der Waals surface area contributed by atoms with Crippen LogP contribution in [0.5, 0.6) is 0 Å². The lowest BCUT2D eigenvalue weighted by atomic mass is 10.0. The first-order valence-corrected chi connectivity index (χ1v) is 4.51. The number of hydrogen-bond acceptors (Lipinski definition) is 4. The highest BCUT2D eigenvalue weighted by molar-refractivity contribution is 5.79. The van der Waals surface area contributed by atoms with Crippen LogP contribution in [0.15, 0.2) is 0 Å². The molecule has 0 radical (unpaired) electrons. The number of carbonyl (C=O) groups excluding carboxylic acids is 1. The van der Waals surface area contributed by atoms with E-state index in [1.807, 2.05) is 0 Å². The van der Waals surface area contributed by atoms with E-state index in [-0.39, 0.29) is 18.4 Å². The summed E-state index contributed by atoms with van der Waals surface area (Å²) in [5.74, 6) is 0.121. The Hall–Kier alpha value is -0.650. The van der Waals surface area contributed by atoms with Crippen molar-refractivity contribution in [3.05, 3.63) is 0 Å². The molecule has 1 atom stereocenters. The minimum atomic E-state index is -0.722. The molecule has 0 saturated carbocycles. The van der Waals surface area contributed by atoms with Gasteiger partial charge in [-0.15, -0.1) is 0 Å². The molecular weight excluding hydrogens is 172 g/mol. The molecule has 1 amide bonds. The van der Waals surface area contributed by atoms with Crippen LogP contribution >= 0.6 is 0 Å². The molecule has 0 aliphatic carbocycles. The molecular formula is C8H16N2O3. The zero-order chi connectivity index (χ0) is 9.68. The number of amides is 1. The zero-order valence-electron chi connectivity index (χ0n) is 7.49. The van der Waals surface area contributed by atoms with E-state index in [0.29, 0.717) is 13.0 Å². The van der Waals surface area contributed by atoms with Crippen LogP contribution in [0.1, 0.15) is 6.42 Å². The molecule has 5 heteroatoms. The highest BCUT2D eigenvalue weighted by atomic mass is 16.3. The van der Waals surface area contributed by atoms with Crippen LogP contribution in [0, 0.1) is 5.92 Å². The largest absolute Gasteiger partial charge is 0.394 e. The van der Waals surface area contributed by atoms with Crippen LogP contribution in [0.4, 0.5) is 0 Å². The van der Waals surface area contributed by atoms with Crippen LogP contribution in [0.3, 0.4) is 0 Å². The molecule has 0 spiro atoms. The number of aliphatic hydroxyl groups is 2. The van der Waals surface area contributed by atoms with Crippen LogP contribution in [0.2, 0.25) is 0 Å². The lowest BCUT2D eigenvalue weighted by Crippen LogP contribution is -2.51. The summed E-state index contributed by atoms with van der Waals surface area (Å²) in [6, 6.07) is 0. The number of carbonyl (C=O) groups is 1. The standard InChI is InChI=1S/C8H16N2O3/c11-5-7(12)1-2-10-8(13)6-3-9-4-6/h6-7,9,11-12H,1-5H2,(H,10,13). The monoisotopic (exact) mass is 188 g/mol. The summed E-state index contributed by atoms with van der Waals surface area (Å²) < 4.78 is 0. The summed E-state index contributed by atoms with van der Waals surface area (Å²) in [5.41, 5.74) is 0. The fraction of sp³-hybridized carbons (Fsp3) is 0.875. The third kappa shape index (κ3) is 3.30. The SMILES string of the molecule is O=C(NCCC(O)CO)C1CNC1. The maximum Gasteiger partial charge on any atom is 0.225 e. The Morgan fingerprint density at radius 2 is 2.31 bits per heavy atom. The predicted octanol–water partition coefficient (Wildman–Crippen LogP) is -1.93. The molecule has 0 aromatic carbocycles. The third-order valence-corrected chi connectivity index (χ3v) is 2.14. The molecule has 1 saturated heterocycles. The molecule has 0 aromatic rings. The normalized spacial score (nSPS) is 19.2. The average Bonchev–Trinajstić information content (AvgIpc) is 2.01. The molecule has 1 heterocycles. The Balaban J connectivity index is 2.01. The molecule has 1 rings (SSSR count). The molecule has 1 fully saturated rings. The van der Waals surface area contributed by atoms with Crippen molar-refractivity contribution in [2.75, 3.05) is 26.2 Å². The van der Waals surface area contributed by atoms with E-state index < -0.39 is 6.10 Å². The van der Waals surface area contributed by atoms with Gasteiger partial charge in [0.2, 0.25) is 5.91 Å². The van der Waals surface area contributed by atoms with Crippen molar-refractivity contribution in [3.63, 3.8) is 0 Å². The van der Waals surface area contributed by atoms with Gasteiger partial charge in [0.15, 0.2) is 0 Å². The second-order valence-electron chi connectivity index (χ2n) is 3.27. The first kappa shape index (κ1) is 10.4. The minimum absolute atomic E-state index is 0.0314. The minimum Gasteiger partial charge on any atom is -0.394 e. The topological polar surface area (TPSA) is 81.6 Å². The van der Waals surface area contributed by atoms with Gasteiger partial charge in [-0.2, -0.15) is 0 Å². The number of aliphatic hydroxyl groups excluding tert-OH is 2. The average molecular weight is 188 g/mol. The van der Waals surface area contributed by atoms with Crippen LogP contribution < -0.4 is 10.6 Å². The van der Waals surface area contributed by atoms with E-state index in [1.54, 1.807) is 0 Å². The van der Waals surface area contributed by atoms with Gasteiger partial charge >= 0.3 is 0 Å². The van der Waals surface area contributed by atoms with Crippen molar-refractivity contribution in [2.24, 2.45) is 5.92 Å². The molecule has 4 N–H and O–H groups in total. The fourth-order valence-corrected chi connectivity index (χ4v) is 1.07. The molecule has 5 nitrogen and oxygen atoms in total. The maximum absolute atomic E-state index is 11.2. The van der Waals surface area contributed by atoms with E-state index in [1.165, 1.54) is 0 Å². The second-order valence-corrected chi connectivity index (χ2v) is 3.27. The maximum atomic E-state index is 11.2. The summed E-state index contributed by atoms with van der Waals surface area (Å²) in [6.45, 7) is 1.67. The molecule has 0 bridgehead atoms. The van der Waals surface area contributed by atoms with Gasteiger partial charge < -0.3 is 20.8 Å². The first-order chi connectivity index (χ1) is 6.24. The Bertz CT molecular complexity index is 171. The van der Waals surface area contributed by atoms with Gasteiger partial charge in [0.05, 0.1) is 18.6 Å². The lowest BCUT2D eigenvalue weighted by Gasteiger charge is -2.25. The first-order valence-electron chi connectivity index (χ1n) is 4.51. The van der Waals surface area contributed by atoms with E-state index >= 15 is 0 Å². The van der Waals surface area contributed by atoms with E-state index in [9.17, 15) is 4.79 Å². The Labute approximate surface area is 77.1 Å². The van der Waals surface area contributed by atoms with Crippen molar-refractivity contribution >= 4 is 5.91 Å². The molecule has 1 unspecified atom stereocenters. The van der Waals surface area contributed by atoms with Gasteiger partial charge in [-0.3, -0.25) is 4.79 Å². The summed E-state index contributed by atoms with van der Waals surface area (Å²) in [6.07, 6.45) is -0.317. The number of nitrogens with one attached hydrogen (secondary N) is 2. The summed E-state index contributed by atoms with van der Waals surface area (Å²) in [5, 5.41) is 23.2. The van der Waals surface area contributed by atoms with Gasteiger partial charge in [-0.1, -0.05) is 0 Å². The van der Waals surface area contributed by atoms with Crippen molar-refractivity contribution in [2.45, 2.75) is 12.5 Å². The summed E-state index contributed by atoms with van der Waals surface area (Å²) in [4.78, 5) is 11.2. The van der Waals surface area contributed by atoms with Gasteiger partial charge in [0, 0.05) is 19.6 Å². The fourth-order valence-electron chi connectivity index (χ4n) is 1.07. The van der Waals surface area contributed by atoms with Crippen LogP contribution in [-0.4, -0.2) is 48.5 Å². The second kappa shape index (κ2) is 5.16. The third-order valence-electron chi connectivity index (χ3n) is 2.14. The van der Waals surface area contributed by atoms with Gasteiger partial charge in [0.25, 0.3) is 0 Å². The van der Waals surface area contributed by atoms with E-state index in [0.717, 1.165) is 13.1 Å². The van der Waals surface area contributed by atoms with Gasteiger partial charge in [0.1, 0.15) is 0 Å². The smallest absolute Gasteiger partial charge is 0.225 e. The van der Waals surface area contributed by atoms with Crippen LogP contribution in [-0.2, 0) is 4.79 Å². The van der Waals surface area contributed by atoms with Gasteiger partial charge in [-0.05, 0) is 6.42 Å². The highest BCUT2D eigenvalue weighted by Crippen LogP contribution is 2.01. The van der Waals surface area contributed by atoms with Crippen molar-refractivity contribution in [1.29, 1.82) is 0 Å². The number of rotatable bonds is 5. The Morgan fingerprint density at radius 1 is 1.62 bits per heavy atom. The number of hydrogen-bond donors (Lipinski definition) is 4. The molecule has 1 aliphatic rings. The zero-order valence-corrected chi connectivity index (χ0v) is 7.49. The Kier molecular flexibility index (Phi) is 4.14. The van der Waals surface area contributed by atoms with Crippen LogP contribution in [0.25, 0.3) is 0 Å². The summed E-state index contributed by atoms with van der Waals surface area (Å²) in [7, 11) is 0. The van der Waals surface area contributed by atoms with Crippen molar-refractivity contribution in [1.82, 2.24) is 10.6 Å². The van der Waals surface area contributed by atoms with Gasteiger partial charge in [-0.25, -0.2) is 0 Å². The van der Waals surface area contributed by atoms with E-state index in [4.69, 9.17) is 10.2 Å². The van der Waals surface area contributed by atoms with E-state index in [2.05, 4.69) is 10.6 Å². The highest BCUT2D eigenvalue weighted by Gasteiger charge is 2.24.